The summed E-state index contributed by atoms with van der Waals surface area (Å²) in [4.78, 5) is 37.5. The number of carbonyl (C=O) groups excluding carboxylic acids is 3. The third-order valence-corrected chi connectivity index (χ3v) is 7.41. The average molecular weight is 454 g/mol. The third kappa shape index (κ3) is 5.23. The molecule has 2 amide bonds. The van der Waals surface area contributed by atoms with Gasteiger partial charge in [0.05, 0.1) is 30.2 Å². The first-order valence-corrected chi connectivity index (χ1v) is 11.6. The molecule has 2 heterocycles. The quantitative estimate of drug-likeness (QED) is 0.598. The predicted octanol–water partition coefficient (Wildman–Crippen LogP) is -0.0233. The van der Waals surface area contributed by atoms with E-state index in [0.717, 1.165) is 0 Å². The van der Waals surface area contributed by atoms with Gasteiger partial charge < -0.3 is 20.1 Å². The van der Waals surface area contributed by atoms with E-state index in [-0.39, 0.29) is 55.1 Å². The standard InChI is InChI=1S/C20H27N3O7S/c1-2-29-20(26)15-3-5-16(6-4-15)31(27,28)23-9-7-14(8-10-23)19(25)22-11-12-30-17(13-22)18(21)24/h3-6,14,17H,2,7-13H2,1H3,(H2,21,24). The van der Waals surface area contributed by atoms with Crippen LogP contribution in [-0.4, -0.2) is 80.9 Å². The van der Waals surface area contributed by atoms with Crippen molar-refractivity contribution in [1.82, 2.24) is 9.21 Å². The number of esters is 1. The van der Waals surface area contributed by atoms with Crippen LogP contribution in [0.3, 0.4) is 0 Å². The zero-order valence-electron chi connectivity index (χ0n) is 17.4. The van der Waals surface area contributed by atoms with Crippen LogP contribution >= 0.6 is 0 Å². The smallest absolute Gasteiger partial charge is 0.338 e. The highest BCUT2D eigenvalue weighted by Crippen LogP contribution is 2.26. The van der Waals surface area contributed by atoms with Gasteiger partial charge in [-0.25, -0.2) is 13.2 Å². The largest absolute Gasteiger partial charge is 0.462 e. The fourth-order valence-electron chi connectivity index (χ4n) is 3.75. The van der Waals surface area contributed by atoms with Gasteiger partial charge in [0.1, 0.15) is 0 Å². The number of nitrogens with zero attached hydrogens (tertiary/aromatic N) is 2. The number of hydrogen-bond acceptors (Lipinski definition) is 7. The van der Waals surface area contributed by atoms with Crippen molar-refractivity contribution in [1.29, 1.82) is 0 Å². The van der Waals surface area contributed by atoms with Crippen molar-refractivity contribution in [2.45, 2.75) is 30.8 Å². The molecule has 10 nitrogen and oxygen atoms in total. The van der Waals surface area contributed by atoms with Crippen molar-refractivity contribution in [3.05, 3.63) is 29.8 Å². The van der Waals surface area contributed by atoms with E-state index in [9.17, 15) is 22.8 Å². The summed E-state index contributed by atoms with van der Waals surface area (Å²) in [5.74, 6) is -1.53. The van der Waals surface area contributed by atoms with Gasteiger partial charge >= 0.3 is 5.97 Å². The molecule has 3 rings (SSSR count). The van der Waals surface area contributed by atoms with E-state index in [1.807, 2.05) is 0 Å². The van der Waals surface area contributed by atoms with Gasteiger partial charge in [-0.05, 0) is 44.0 Å². The minimum Gasteiger partial charge on any atom is -0.462 e. The fourth-order valence-corrected chi connectivity index (χ4v) is 5.22. The van der Waals surface area contributed by atoms with Crippen LogP contribution in [0.2, 0.25) is 0 Å². The van der Waals surface area contributed by atoms with Gasteiger partial charge in [-0.2, -0.15) is 4.31 Å². The average Bonchev–Trinajstić information content (AvgIpc) is 2.79. The highest BCUT2D eigenvalue weighted by atomic mass is 32.2. The molecule has 1 atom stereocenters. The molecule has 2 aliphatic rings. The molecule has 1 unspecified atom stereocenters. The zero-order chi connectivity index (χ0) is 22.6. The first kappa shape index (κ1) is 23.2. The summed E-state index contributed by atoms with van der Waals surface area (Å²) in [6.45, 7) is 3.10. The van der Waals surface area contributed by atoms with E-state index in [1.54, 1.807) is 11.8 Å². The summed E-state index contributed by atoms with van der Waals surface area (Å²) in [6.07, 6.45) is -0.0365. The van der Waals surface area contributed by atoms with Gasteiger partial charge in [-0.15, -0.1) is 0 Å². The van der Waals surface area contributed by atoms with Crippen LogP contribution in [0.4, 0.5) is 0 Å². The van der Waals surface area contributed by atoms with Crippen molar-refractivity contribution >= 4 is 27.8 Å². The molecule has 0 aliphatic carbocycles. The first-order valence-electron chi connectivity index (χ1n) is 10.2. The highest BCUT2D eigenvalue weighted by Gasteiger charge is 2.36. The van der Waals surface area contributed by atoms with Gasteiger partial charge in [0.2, 0.25) is 21.8 Å². The molecular weight excluding hydrogens is 426 g/mol. The van der Waals surface area contributed by atoms with Crippen LogP contribution in [0.25, 0.3) is 0 Å². The molecule has 2 fully saturated rings. The van der Waals surface area contributed by atoms with Crippen LogP contribution in [0.15, 0.2) is 29.2 Å². The molecule has 0 aromatic heterocycles. The molecule has 0 saturated carbocycles. The number of amides is 2. The lowest BCUT2D eigenvalue weighted by Gasteiger charge is -2.36. The Morgan fingerprint density at radius 3 is 2.35 bits per heavy atom. The number of carbonyl (C=O) groups is 3. The van der Waals surface area contributed by atoms with Crippen molar-refractivity contribution in [2.75, 3.05) is 39.4 Å². The summed E-state index contributed by atoms with van der Waals surface area (Å²) in [5.41, 5.74) is 5.55. The number of hydrogen-bond donors (Lipinski definition) is 1. The maximum Gasteiger partial charge on any atom is 0.338 e. The second kappa shape index (κ2) is 9.75. The molecule has 31 heavy (non-hydrogen) atoms. The molecule has 0 bridgehead atoms. The van der Waals surface area contributed by atoms with E-state index < -0.39 is 28.0 Å². The summed E-state index contributed by atoms with van der Waals surface area (Å²) in [7, 11) is -3.74. The Morgan fingerprint density at radius 2 is 1.77 bits per heavy atom. The molecule has 1 aromatic carbocycles. The van der Waals surface area contributed by atoms with Crippen LogP contribution in [0, 0.1) is 5.92 Å². The van der Waals surface area contributed by atoms with Crippen molar-refractivity contribution in [3.63, 3.8) is 0 Å². The van der Waals surface area contributed by atoms with Gasteiger partial charge in [-0.1, -0.05) is 0 Å². The number of rotatable bonds is 6. The molecule has 2 saturated heterocycles. The molecule has 2 aliphatic heterocycles. The second-order valence-corrected chi connectivity index (χ2v) is 9.41. The van der Waals surface area contributed by atoms with Gasteiger partial charge in [0.15, 0.2) is 6.10 Å². The predicted molar refractivity (Wildman–Crippen MR) is 109 cm³/mol. The van der Waals surface area contributed by atoms with Crippen LogP contribution < -0.4 is 5.73 Å². The number of nitrogens with two attached hydrogens (primary N) is 1. The van der Waals surface area contributed by atoms with Crippen LogP contribution in [-0.2, 0) is 29.1 Å². The summed E-state index contributed by atoms with van der Waals surface area (Å²) in [6, 6.07) is 5.62. The Bertz CT molecular complexity index is 925. The van der Waals surface area contributed by atoms with Gasteiger partial charge in [0, 0.05) is 25.6 Å². The summed E-state index contributed by atoms with van der Waals surface area (Å²) in [5, 5.41) is 0. The molecule has 170 valence electrons. The van der Waals surface area contributed by atoms with Gasteiger partial charge in [-0.3, -0.25) is 9.59 Å². The lowest BCUT2D eigenvalue weighted by atomic mass is 9.96. The van der Waals surface area contributed by atoms with Gasteiger partial charge in [0.25, 0.3) is 0 Å². The minimum absolute atomic E-state index is 0.0859. The number of primary amides is 1. The number of benzene rings is 1. The summed E-state index contributed by atoms with van der Waals surface area (Å²) >= 11 is 0. The molecular formula is C20H27N3O7S. The Labute approximate surface area is 181 Å². The lowest BCUT2D eigenvalue weighted by molar-refractivity contribution is -0.149. The van der Waals surface area contributed by atoms with Crippen molar-refractivity contribution < 1.29 is 32.3 Å². The fraction of sp³-hybridized carbons (Fsp3) is 0.550. The molecule has 0 spiro atoms. The van der Waals surface area contributed by atoms with Crippen molar-refractivity contribution in [2.24, 2.45) is 11.7 Å². The second-order valence-electron chi connectivity index (χ2n) is 7.47. The van der Waals surface area contributed by atoms with Crippen LogP contribution in [0.5, 0.6) is 0 Å². The Balaban J connectivity index is 1.60. The van der Waals surface area contributed by atoms with E-state index in [4.69, 9.17) is 15.2 Å². The number of sulfonamides is 1. The number of morpholine rings is 1. The number of piperidine rings is 1. The topological polar surface area (TPSA) is 136 Å². The maximum absolute atomic E-state index is 12.9. The highest BCUT2D eigenvalue weighted by molar-refractivity contribution is 7.89. The number of ether oxygens (including phenoxy) is 2. The Kier molecular flexibility index (Phi) is 7.29. The molecule has 1 aromatic rings. The van der Waals surface area contributed by atoms with Crippen molar-refractivity contribution in [3.8, 4) is 0 Å². The monoisotopic (exact) mass is 453 g/mol. The minimum atomic E-state index is -3.74. The third-order valence-electron chi connectivity index (χ3n) is 5.50. The maximum atomic E-state index is 12.9. The zero-order valence-corrected chi connectivity index (χ0v) is 18.2. The normalized spacial score (nSPS) is 20.9. The SMILES string of the molecule is CCOC(=O)c1ccc(S(=O)(=O)N2CCC(C(=O)N3CCOC(C(N)=O)C3)CC2)cc1. The Hall–Kier alpha value is -2.50. The lowest BCUT2D eigenvalue weighted by Crippen LogP contribution is -2.53. The first-order chi connectivity index (χ1) is 14.7. The molecule has 0 radical (unpaired) electrons. The summed E-state index contributed by atoms with van der Waals surface area (Å²) < 4.78 is 37.4. The van der Waals surface area contributed by atoms with Crippen LogP contribution in [0.1, 0.15) is 30.1 Å². The molecule has 2 N–H and O–H groups in total. The van der Waals surface area contributed by atoms with E-state index in [2.05, 4.69) is 0 Å². The Morgan fingerprint density at radius 1 is 1.13 bits per heavy atom. The van der Waals surface area contributed by atoms with E-state index in [0.29, 0.717) is 19.4 Å². The van der Waals surface area contributed by atoms with E-state index in [1.165, 1.54) is 28.6 Å². The van der Waals surface area contributed by atoms with E-state index >= 15 is 0 Å². The molecule has 11 heteroatoms.